The summed E-state index contributed by atoms with van der Waals surface area (Å²) in [6.07, 6.45) is 3.40. The molecule has 2 N–H and O–H groups in total. The van der Waals surface area contributed by atoms with Gasteiger partial charge in [-0.15, -0.1) is 0 Å². The summed E-state index contributed by atoms with van der Waals surface area (Å²) in [7, 11) is 0. The quantitative estimate of drug-likeness (QED) is 0.482. The molecular formula is C17H11BrFN5S. The molecule has 8 heteroatoms. The Balaban J connectivity index is 1.65. The SMILES string of the molecule is Fc1ccc(Sc2cc(Br)cnc2Nc2nc3ncccc3[nH]2)cc1. The van der Waals surface area contributed by atoms with Crippen molar-refractivity contribution in [2.75, 3.05) is 5.32 Å². The molecule has 3 aromatic heterocycles. The number of aromatic nitrogens is 4. The number of rotatable bonds is 4. The van der Waals surface area contributed by atoms with Crippen molar-refractivity contribution in [2.24, 2.45) is 0 Å². The van der Waals surface area contributed by atoms with Gasteiger partial charge in [0.1, 0.15) is 11.6 Å². The van der Waals surface area contributed by atoms with Crippen LogP contribution in [-0.4, -0.2) is 19.9 Å². The van der Waals surface area contributed by atoms with E-state index in [1.165, 1.54) is 23.9 Å². The second kappa shape index (κ2) is 6.81. The maximum atomic E-state index is 13.1. The van der Waals surface area contributed by atoms with Crippen LogP contribution in [0.25, 0.3) is 11.2 Å². The summed E-state index contributed by atoms with van der Waals surface area (Å²) in [4.78, 5) is 18.0. The molecule has 0 aliphatic carbocycles. The predicted octanol–water partition coefficient (Wildman–Crippen LogP) is 5.15. The molecule has 1 aromatic carbocycles. The van der Waals surface area contributed by atoms with Gasteiger partial charge in [-0.2, -0.15) is 4.98 Å². The van der Waals surface area contributed by atoms with E-state index in [1.807, 2.05) is 18.2 Å². The fourth-order valence-corrected chi connectivity index (χ4v) is 3.63. The normalized spacial score (nSPS) is 11.0. The van der Waals surface area contributed by atoms with Crippen LogP contribution in [0.1, 0.15) is 0 Å². The van der Waals surface area contributed by atoms with Gasteiger partial charge < -0.3 is 10.3 Å². The topological polar surface area (TPSA) is 66.5 Å². The van der Waals surface area contributed by atoms with Crippen LogP contribution in [0.4, 0.5) is 16.2 Å². The van der Waals surface area contributed by atoms with E-state index in [-0.39, 0.29) is 5.82 Å². The van der Waals surface area contributed by atoms with Crippen molar-refractivity contribution in [3.63, 3.8) is 0 Å². The highest BCUT2D eigenvalue weighted by Gasteiger charge is 2.10. The number of halogens is 2. The smallest absolute Gasteiger partial charge is 0.208 e. The Kier molecular flexibility index (Phi) is 4.37. The lowest BCUT2D eigenvalue weighted by Crippen LogP contribution is -1.97. The summed E-state index contributed by atoms with van der Waals surface area (Å²) in [5.74, 6) is 0.950. The Morgan fingerprint density at radius 2 is 1.96 bits per heavy atom. The van der Waals surface area contributed by atoms with E-state index < -0.39 is 0 Å². The third-order valence-corrected chi connectivity index (χ3v) is 4.83. The standard InChI is InChI=1S/C17H11BrFN5S/c18-10-8-14(25-12-5-3-11(19)4-6-12)16(21-9-10)24-17-22-13-2-1-7-20-15(13)23-17/h1-9H,(H2,20,21,22,23,24). The van der Waals surface area contributed by atoms with Crippen LogP contribution >= 0.6 is 27.7 Å². The van der Waals surface area contributed by atoms with Crippen molar-refractivity contribution < 1.29 is 4.39 Å². The molecule has 0 atom stereocenters. The first kappa shape index (κ1) is 16.0. The van der Waals surface area contributed by atoms with E-state index >= 15 is 0 Å². The molecule has 4 rings (SSSR count). The van der Waals surface area contributed by atoms with E-state index in [0.717, 1.165) is 19.8 Å². The van der Waals surface area contributed by atoms with Gasteiger partial charge in [0.15, 0.2) is 5.65 Å². The van der Waals surface area contributed by atoms with Gasteiger partial charge in [0.05, 0.1) is 10.4 Å². The molecule has 0 unspecified atom stereocenters. The molecule has 25 heavy (non-hydrogen) atoms. The number of benzene rings is 1. The van der Waals surface area contributed by atoms with Gasteiger partial charge in [-0.05, 0) is 58.4 Å². The third-order valence-electron chi connectivity index (χ3n) is 3.36. The lowest BCUT2D eigenvalue weighted by atomic mass is 10.4. The van der Waals surface area contributed by atoms with Gasteiger partial charge in [-0.1, -0.05) is 11.8 Å². The number of fused-ring (bicyclic) bond motifs is 1. The zero-order valence-corrected chi connectivity index (χ0v) is 15.1. The van der Waals surface area contributed by atoms with E-state index in [1.54, 1.807) is 24.5 Å². The summed E-state index contributed by atoms with van der Waals surface area (Å²) < 4.78 is 14.0. The number of H-pyrrole nitrogens is 1. The molecule has 0 bridgehead atoms. The van der Waals surface area contributed by atoms with Gasteiger partial charge >= 0.3 is 0 Å². The van der Waals surface area contributed by atoms with E-state index in [0.29, 0.717) is 17.4 Å². The summed E-state index contributed by atoms with van der Waals surface area (Å²) in [6.45, 7) is 0. The first-order valence-corrected chi connectivity index (χ1v) is 8.95. The molecule has 0 saturated carbocycles. The molecule has 0 amide bonds. The van der Waals surface area contributed by atoms with E-state index in [4.69, 9.17) is 0 Å². The Morgan fingerprint density at radius 3 is 2.76 bits per heavy atom. The molecule has 0 saturated heterocycles. The van der Waals surface area contributed by atoms with Crippen molar-refractivity contribution in [3.05, 3.63) is 65.1 Å². The minimum atomic E-state index is -0.259. The minimum Gasteiger partial charge on any atom is -0.322 e. The van der Waals surface area contributed by atoms with Gasteiger partial charge in [0.25, 0.3) is 0 Å². The van der Waals surface area contributed by atoms with Gasteiger partial charge in [0.2, 0.25) is 5.95 Å². The molecule has 0 aliphatic rings. The number of hydrogen-bond donors (Lipinski definition) is 2. The van der Waals surface area contributed by atoms with Gasteiger partial charge in [0, 0.05) is 21.8 Å². The molecule has 0 radical (unpaired) electrons. The zero-order valence-electron chi connectivity index (χ0n) is 12.7. The first-order chi connectivity index (χ1) is 12.2. The van der Waals surface area contributed by atoms with Crippen molar-refractivity contribution in [3.8, 4) is 0 Å². The zero-order chi connectivity index (χ0) is 17.2. The van der Waals surface area contributed by atoms with Crippen LogP contribution in [0, 0.1) is 5.82 Å². The van der Waals surface area contributed by atoms with Crippen molar-refractivity contribution >= 4 is 50.6 Å². The predicted molar refractivity (Wildman–Crippen MR) is 99.6 cm³/mol. The highest BCUT2D eigenvalue weighted by Crippen LogP contribution is 2.35. The van der Waals surface area contributed by atoms with E-state index in [9.17, 15) is 4.39 Å². The van der Waals surface area contributed by atoms with Crippen LogP contribution in [0.3, 0.4) is 0 Å². The molecule has 4 aromatic rings. The lowest BCUT2D eigenvalue weighted by Gasteiger charge is -2.09. The maximum Gasteiger partial charge on any atom is 0.208 e. The maximum absolute atomic E-state index is 13.1. The molecular weight excluding hydrogens is 405 g/mol. The largest absolute Gasteiger partial charge is 0.322 e. The van der Waals surface area contributed by atoms with Crippen LogP contribution < -0.4 is 5.32 Å². The molecule has 3 heterocycles. The second-order valence-corrected chi connectivity index (χ2v) is 7.17. The average Bonchev–Trinajstić information content (AvgIpc) is 3.02. The molecule has 0 aliphatic heterocycles. The van der Waals surface area contributed by atoms with E-state index in [2.05, 4.69) is 41.2 Å². The van der Waals surface area contributed by atoms with Crippen LogP contribution in [-0.2, 0) is 0 Å². The molecule has 124 valence electrons. The van der Waals surface area contributed by atoms with Crippen molar-refractivity contribution in [2.45, 2.75) is 9.79 Å². The average molecular weight is 416 g/mol. The number of aromatic amines is 1. The van der Waals surface area contributed by atoms with Crippen LogP contribution in [0.2, 0.25) is 0 Å². The number of hydrogen-bond acceptors (Lipinski definition) is 5. The number of imidazole rings is 1. The minimum absolute atomic E-state index is 0.259. The third kappa shape index (κ3) is 3.64. The highest BCUT2D eigenvalue weighted by atomic mass is 79.9. The first-order valence-electron chi connectivity index (χ1n) is 7.34. The second-order valence-electron chi connectivity index (χ2n) is 5.14. The van der Waals surface area contributed by atoms with Crippen molar-refractivity contribution in [1.82, 2.24) is 19.9 Å². The van der Waals surface area contributed by atoms with Gasteiger partial charge in [-0.25, -0.2) is 14.4 Å². The number of nitrogens with zero attached hydrogens (tertiary/aromatic N) is 3. The lowest BCUT2D eigenvalue weighted by molar-refractivity contribution is 0.626. The molecule has 5 nitrogen and oxygen atoms in total. The summed E-state index contributed by atoms with van der Waals surface area (Å²) in [6, 6.07) is 12.0. The fourth-order valence-electron chi connectivity index (χ4n) is 2.24. The Hall–Kier alpha value is -2.45. The van der Waals surface area contributed by atoms with Gasteiger partial charge in [-0.3, -0.25) is 0 Å². The molecule has 0 spiro atoms. The van der Waals surface area contributed by atoms with Crippen LogP contribution in [0.5, 0.6) is 0 Å². The van der Waals surface area contributed by atoms with Crippen molar-refractivity contribution in [1.29, 1.82) is 0 Å². The van der Waals surface area contributed by atoms with Crippen LogP contribution in [0.15, 0.2) is 69.1 Å². The Labute approximate surface area is 155 Å². The Morgan fingerprint density at radius 1 is 1.12 bits per heavy atom. The summed E-state index contributed by atoms with van der Waals surface area (Å²) in [5, 5.41) is 3.19. The fraction of sp³-hybridized carbons (Fsp3) is 0. The molecule has 0 fully saturated rings. The Bertz CT molecular complexity index is 1000. The monoisotopic (exact) mass is 415 g/mol. The number of anilines is 2. The number of nitrogens with one attached hydrogen (secondary N) is 2. The number of pyridine rings is 2. The highest BCUT2D eigenvalue weighted by molar-refractivity contribution is 9.10. The summed E-state index contributed by atoms with van der Waals surface area (Å²) >= 11 is 4.92. The summed E-state index contributed by atoms with van der Waals surface area (Å²) in [5.41, 5.74) is 1.48.